The number of hydrogen-bond acceptors (Lipinski definition) is 6. The molecule has 106 valence electrons. The Morgan fingerprint density at radius 2 is 2.00 bits per heavy atom. The summed E-state index contributed by atoms with van der Waals surface area (Å²) in [6.45, 7) is 5.04. The van der Waals surface area contributed by atoms with Crippen molar-refractivity contribution in [2.75, 3.05) is 24.2 Å². The van der Waals surface area contributed by atoms with E-state index in [0.717, 1.165) is 19.3 Å². The lowest BCUT2D eigenvalue weighted by molar-refractivity contribution is -0.383. The first-order valence-electron chi connectivity index (χ1n) is 6.47. The molecular formula is C12H21N5O2. The first-order chi connectivity index (χ1) is 9.06. The van der Waals surface area contributed by atoms with E-state index in [1.54, 1.807) is 7.05 Å². The van der Waals surface area contributed by atoms with Crippen LogP contribution in [0.3, 0.4) is 0 Å². The lowest BCUT2D eigenvalue weighted by Gasteiger charge is -2.08. The second-order valence-corrected chi connectivity index (χ2v) is 4.74. The predicted molar refractivity (Wildman–Crippen MR) is 75.4 cm³/mol. The average molecular weight is 267 g/mol. The Labute approximate surface area is 113 Å². The number of hydrogen-bond donors (Lipinski definition) is 2. The number of nitrogens with zero attached hydrogens (tertiary/aromatic N) is 3. The fraction of sp³-hybridized carbons (Fsp3) is 0.667. The summed E-state index contributed by atoms with van der Waals surface area (Å²) in [7, 11) is 1.60. The molecule has 1 aromatic heterocycles. The van der Waals surface area contributed by atoms with Gasteiger partial charge in [-0.2, -0.15) is 0 Å². The van der Waals surface area contributed by atoms with E-state index in [2.05, 4.69) is 34.4 Å². The minimum Gasteiger partial charge on any atom is -0.367 e. The Morgan fingerprint density at radius 1 is 1.32 bits per heavy atom. The van der Waals surface area contributed by atoms with Crippen molar-refractivity contribution in [2.45, 2.75) is 33.1 Å². The molecule has 0 bridgehead atoms. The van der Waals surface area contributed by atoms with E-state index in [-0.39, 0.29) is 17.3 Å². The molecule has 0 atom stereocenters. The second-order valence-electron chi connectivity index (χ2n) is 4.74. The number of aromatic nitrogens is 2. The summed E-state index contributed by atoms with van der Waals surface area (Å²) >= 11 is 0. The fourth-order valence-corrected chi connectivity index (χ4v) is 1.75. The lowest BCUT2D eigenvalue weighted by Crippen LogP contribution is -2.09. The van der Waals surface area contributed by atoms with Crippen LogP contribution in [0.2, 0.25) is 0 Å². The number of nitro groups is 1. The number of rotatable bonds is 8. The van der Waals surface area contributed by atoms with Crippen molar-refractivity contribution in [3.8, 4) is 0 Å². The highest BCUT2D eigenvalue weighted by Gasteiger charge is 2.21. The molecule has 1 heterocycles. The third-order valence-electron chi connectivity index (χ3n) is 2.74. The van der Waals surface area contributed by atoms with E-state index in [1.165, 1.54) is 6.33 Å². The van der Waals surface area contributed by atoms with Crippen molar-refractivity contribution in [1.29, 1.82) is 0 Å². The van der Waals surface area contributed by atoms with Gasteiger partial charge in [0.05, 0.1) is 4.92 Å². The molecule has 0 amide bonds. The van der Waals surface area contributed by atoms with Crippen LogP contribution in [0.4, 0.5) is 17.3 Å². The standard InChI is InChI=1S/C12H21N5O2/c1-9(2)6-4-5-7-14-12-10(17(18)19)11(13-3)15-8-16-12/h8-9H,4-7H2,1-3H3,(H2,13,14,15,16). The van der Waals surface area contributed by atoms with E-state index >= 15 is 0 Å². The van der Waals surface area contributed by atoms with Crippen LogP contribution < -0.4 is 10.6 Å². The zero-order chi connectivity index (χ0) is 14.3. The van der Waals surface area contributed by atoms with Crippen LogP contribution in [0.15, 0.2) is 6.33 Å². The summed E-state index contributed by atoms with van der Waals surface area (Å²) in [5.74, 6) is 1.18. The van der Waals surface area contributed by atoms with Gasteiger partial charge >= 0.3 is 5.69 Å². The third kappa shape index (κ3) is 4.69. The van der Waals surface area contributed by atoms with Gasteiger partial charge in [-0.3, -0.25) is 10.1 Å². The van der Waals surface area contributed by atoms with Crippen LogP contribution in [-0.2, 0) is 0 Å². The Bertz CT molecular complexity index is 423. The summed E-state index contributed by atoms with van der Waals surface area (Å²) in [4.78, 5) is 18.3. The van der Waals surface area contributed by atoms with Gasteiger partial charge in [0, 0.05) is 13.6 Å². The minimum absolute atomic E-state index is 0.103. The van der Waals surface area contributed by atoms with E-state index in [9.17, 15) is 10.1 Å². The molecule has 0 aromatic carbocycles. The average Bonchev–Trinajstić information content (AvgIpc) is 2.37. The topological polar surface area (TPSA) is 93.0 Å². The van der Waals surface area contributed by atoms with E-state index in [4.69, 9.17) is 0 Å². The van der Waals surface area contributed by atoms with Gasteiger partial charge in [0.25, 0.3) is 0 Å². The maximum Gasteiger partial charge on any atom is 0.353 e. The van der Waals surface area contributed by atoms with Crippen molar-refractivity contribution in [3.63, 3.8) is 0 Å². The molecule has 0 aliphatic carbocycles. The predicted octanol–water partition coefficient (Wildman–Crippen LogP) is 2.66. The van der Waals surface area contributed by atoms with Gasteiger partial charge in [0.1, 0.15) is 6.33 Å². The SMILES string of the molecule is CNc1ncnc(NCCCCC(C)C)c1[N+](=O)[O-]. The Morgan fingerprint density at radius 3 is 2.58 bits per heavy atom. The maximum atomic E-state index is 11.0. The molecule has 0 saturated heterocycles. The molecule has 19 heavy (non-hydrogen) atoms. The van der Waals surface area contributed by atoms with E-state index in [0.29, 0.717) is 12.5 Å². The molecular weight excluding hydrogens is 246 g/mol. The zero-order valence-corrected chi connectivity index (χ0v) is 11.6. The van der Waals surface area contributed by atoms with Gasteiger partial charge in [-0.15, -0.1) is 0 Å². The van der Waals surface area contributed by atoms with Crippen LogP contribution in [0.1, 0.15) is 33.1 Å². The first kappa shape index (κ1) is 15.1. The summed E-state index contributed by atoms with van der Waals surface area (Å²) in [6, 6.07) is 0. The van der Waals surface area contributed by atoms with Crippen LogP contribution >= 0.6 is 0 Å². The van der Waals surface area contributed by atoms with Gasteiger partial charge in [-0.1, -0.05) is 26.7 Å². The van der Waals surface area contributed by atoms with Crippen molar-refractivity contribution in [2.24, 2.45) is 5.92 Å². The Balaban J connectivity index is 2.60. The molecule has 7 nitrogen and oxygen atoms in total. The molecule has 0 aliphatic heterocycles. The van der Waals surface area contributed by atoms with Crippen LogP contribution in [0.5, 0.6) is 0 Å². The first-order valence-corrected chi connectivity index (χ1v) is 6.47. The smallest absolute Gasteiger partial charge is 0.353 e. The molecule has 7 heteroatoms. The Hall–Kier alpha value is -1.92. The van der Waals surface area contributed by atoms with E-state index in [1.807, 2.05) is 0 Å². The van der Waals surface area contributed by atoms with Crippen LogP contribution in [0.25, 0.3) is 0 Å². The monoisotopic (exact) mass is 267 g/mol. The van der Waals surface area contributed by atoms with Gasteiger partial charge in [0.2, 0.25) is 11.6 Å². The third-order valence-corrected chi connectivity index (χ3v) is 2.74. The molecule has 1 aromatic rings. The number of unbranched alkanes of at least 4 members (excludes halogenated alkanes) is 1. The van der Waals surface area contributed by atoms with E-state index < -0.39 is 4.92 Å². The molecule has 1 rings (SSSR count). The summed E-state index contributed by atoms with van der Waals surface area (Å²) in [5, 5.41) is 16.7. The maximum absolute atomic E-state index is 11.0. The van der Waals surface area contributed by atoms with Gasteiger partial charge in [-0.05, 0) is 12.3 Å². The quantitative estimate of drug-likeness (QED) is 0.427. The number of nitrogens with one attached hydrogen (secondary N) is 2. The molecule has 0 saturated carbocycles. The van der Waals surface area contributed by atoms with Gasteiger partial charge in [0.15, 0.2) is 0 Å². The van der Waals surface area contributed by atoms with Gasteiger partial charge in [-0.25, -0.2) is 9.97 Å². The summed E-state index contributed by atoms with van der Waals surface area (Å²) in [6.07, 6.45) is 4.54. The molecule has 0 aliphatic rings. The Kier molecular flexibility index (Phi) is 5.98. The van der Waals surface area contributed by atoms with Crippen LogP contribution in [0, 0.1) is 16.0 Å². The van der Waals surface area contributed by atoms with Gasteiger partial charge < -0.3 is 10.6 Å². The molecule has 0 unspecified atom stereocenters. The van der Waals surface area contributed by atoms with Crippen molar-refractivity contribution in [3.05, 3.63) is 16.4 Å². The highest BCUT2D eigenvalue weighted by molar-refractivity contribution is 5.68. The van der Waals surface area contributed by atoms with Crippen molar-refractivity contribution in [1.82, 2.24) is 9.97 Å². The normalized spacial score (nSPS) is 10.5. The molecule has 2 N–H and O–H groups in total. The lowest BCUT2D eigenvalue weighted by atomic mass is 10.1. The van der Waals surface area contributed by atoms with Crippen molar-refractivity contribution >= 4 is 17.3 Å². The van der Waals surface area contributed by atoms with Crippen molar-refractivity contribution < 1.29 is 4.92 Å². The minimum atomic E-state index is -0.470. The molecule has 0 radical (unpaired) electrons. The van der Waals surface area contributed by atoms with Crippen LogP contribution in [-0.4, -0.2) is 28.5 Å². The number of anilines is 2. The molecule has 0 fully saturated rings. The highest BCUT2D eigenvalue weighted by atomic mass is 16.6. The largest absolute Gasteiger partial charge is 0.367 e. The highest BCUT2D eigenvalue weighted by Crippen LogP contribution is 2.28. The molecule has 0 spiro atoms. The summed E-state index contributed by atoms with van der Waals surface area (Å²) in [5.41, 5.74) is -0.103. The second kappa shape index (κ2) is 7.50. The zero-order valence-electron chi connectivity index (χ0n) is 11.6. The fourth-order valence-electron chi connectivity index (χ4n) is 1.75. The summed E-state index contributed by atoms with van der Waals surface area (Å²) < 4.78 is 0.